The molecular formula is C18H14N2O3S. The first-order chi connectivity index (χ1) is 11.7. The lowest BCUT2D eigenvalue weighted by molar-refractivity contribution is -0.111. The zero-order valence-electron chi connectivity index (χ0n) is 12.9. The number of rotatable bonds is 4. The van der Waals surface area contributed by atoms with Gasteiger partial charge in [0.25, 0.3) is 0 Å². The molecule has 3 aromatic rings. The highest BCUT2D eigenvalue weighted by molar-refractivity contribution is 7.22. The van der Waals surface area contributed by atoms with Crippen molar-refractivity contribution in [3.63, 3.8) is 0 Å². The zero-order chi connectivity index (χ0) is 16.9. The second-order valence-electron chi connectivity index (χ2n) is 4.92. The second kappa shape index (κ2) is 7.06. The quantitative estimate of drug-likeness (QED) is 0.581. The summed E-state index contributed by atoms with van der Waals surface area (Å²) < 4.78 is 5.66. The van der Waals surface area contributed by atoms with Crippen molar-refractivity contribution in [3.8, 4) is 0 Å². The number of esters is 1. The van der Waals surface area contributed by atoms with Crippen LogP contribution in [0.5, 0.6) is 0 Å². The average Bonchev–Trinajstić information content (AvgIpc) is 3.02. The van der Waals surface area contributed by atoms with Crippen LogP contribution >= 0.6 is 11.3 Å². The molecule has 0 saturated heterocycles. The molecule has 0 aliphatic carbocycles. The Morgan fingerprint density at radius 2 is 1.88 bits per heavy atom. The molecule has 120 valence electrons. The van der Waals surface area contributed by atoms with Crippen LogP contribution in [0.15, 0.2) is 54.6 Å². The van der Waals surface area contributed by atoms with E-state index in [1.54, 1.807) is 30.3 Å². The molecule has 1 N–H and O–H groups in total. The molecule has 2 aromatic carbocycles. The number of anilines is 1. The van der Waals surface area contributed by atoms with Crippen LogP contribution in [0.3, 0.4) is 0 Å². The summed E-state index contributed by atoms with van der Waals surface area (Å²) in [6.07, 6.45) is 3.10. The Balaban J connectivity index is 1.65. The van der Waals surface area contributed by atoms with E-state index in [1.807, 2.05) is 24.3 Å². The lowest BCUT2D eigenvalue weighted by atomic mass is 10.1. The fourth-order valence-corrected chi connectivity index (χ4v) is 2.96. The Bertz CT molecular complexity index is 880. The van der Waals surface area contributed by atoms with Crippen molar-refractivity contribution in [3.05, 3.63) is 65.7 Å². The fraction of sp³-hybridized carbons (Fsp3) is 0.0556. The summed E-state index contributed by atoms with van der Waals surface area (Å²) >= 11 is 1.43. The molecule has 0 radical (unpaired) electrons. The van der Waals surface area contributed by atoms with E-state index >= 15 is 0 Å². The number of nitrogens with one attached hydrogen (secondary N) is 1. The number of carbonyl (C=O) groups is 2. The average molecular weight is 338 g/mol. The van der Waals surface area contributed by atoms with Crippen LogP contribution in [-0.2, 0) is 9.53 Å². The molecule has 0 aliphatic heterocycles. The van der Waals surface area contributed by atoms with Gasteiger partial charge in [-0.25, -0.2) is 9.78 Å². The van der Waals surface area contributed by atoms with Crippen LogP contribution in [-0.4, -0.2) is 24.0 Å². The molecule has 0 unspecified atom stereocenters. The predicted molar refractivity (Wildman–Crippen MR) is 95.1 cm³/mol. The fourth-order valence-electron chi connectivity index (χ4n) is 2.09. The largest absolute Gasteiger partial charge is 0.465 e. The lowest BCUT2D eigenvalue weighted by Gasteiger charge is -1.99. The maximum atomic E-state index is 12.0. The van der Waals surface area contributed by atoms with Crippen LogP contribution in [0.4, 0.5) is 5.13 Å². The Morgan fingerprint density at radius 3 is 2.58 bits per heavy atom. The number of thiazole rings is 1. The van der Waals surface area contributed by atoms with Crippen LogP contribution in [0, 0.1) is 0 Å². The monoisotopic (exact) mass is 338 g/mol. The minimum atomic E-state index is -0.390. The standard InChI is InChI=1S/C18H14N2O3S/c1-23-17(22)13-9-6-12(7-10-13)8-11-16(21)20-18-19-14-4-2-3-5-15(14)24-18/h2-11H,1H3,(H,19,20,21)/b11-8+. The van der Waals surface area contributed by atoms with Gasteiger partial charge in [-0.05, 0) is 35.9 Å². The van der Waals surface area contributed by atoms with Crippen molar-refractivity contribution < 1.29 is 14.3 Å². The third kappa shape index (κ3) is 3.67. The molecule has 5 nitrogen and oxygen atoms in total. The van der Waals surface area contributed by atoms with Gasteiger partial charge in [-0.15, -0.1) is 0 Å². The van der Waals surface area contributed by atoms with Crippen molar-refractivity contribution >= 4 is 44.6 Å². The number of ether oxygens (including phenoxy) is 1. The zero-order valence-corrected chi connectivity index (χ0v) is 13.7. The Morgan fingerprint density at radius 1 is 1.12 bits per heavy atom. The minimum absolute atomic E-state index is 0.258. The van der Waals surface area contributed by atoms with E-state index < -0.39 is 0 Å². The molecule has 1 heterocycles. The second-order valence-corrected chi connectivity index (χ2v) is 5.95. The van der Waals surface area contributed by atoms with Gasteiger partial charge in [-0.3, -0.25) is 10.1 Å². The van der Waals surface area contributed by atoms with Crippen molar-refractivity contribution in [2.45, 2.75) is 0 Å². The van der Waals surface area contributed by atoms with Gasteiger partial charge in [0.1, 0.15) is 0 Å². The third-order valence-electron chi connectivity index (χ3n) is 3.28. The molecule has 24 heavy (non-hydrogen) atoms. The lowest BCUT2D eigenvalue weighted by Crippen LogP contribution is -2.07. The summed E-state index contributed by atoms with van der Waals surface area (Å²) in [6, 6.07) is 14.5. The van der Waals surface area contributed by atoms with Crippen molar-refractivity contribution in [2.24, 2.45) is 0 Å². The number of benzene rings is 2. The smallest absolute Gasteiger partial charge is 0.337 e. The normalized spacial score (nSPS) is 10.9. The first-order valence-electron chi connectivity index (χ1n) is 7.19. The Hall–Kier alpha value is -2.99. The van der Waals surface area contributed by atoms with Crippen LogP contribution in [0.2, 0.25) is 0 Å². The number of amides is 1. The Kier molecular flexibility index (Phi) is 4.67. The van der Waals surface area contributed by atoms with Crippen molar-refractivity contribution in [2.75, 3.05) is 12.4 Å². The summed E-state index contributed by atoms with van der Waals surface area (Å²) in [7, 11) is 1.34. The van der Waals surface area contributed by atoms with Crippen LogP contribution in [0.1, 0.15) is 15.9 Å². The van der Waals surface area contributed by atoms with Gasteiger partial charge in [0.2, 0.25) is 5.91 Å². The SMILES string of the molecule is COC(=O)c1ccc(/C=C/C(=O)Nc2nc3ccccc3s2)cc1. The van der Waals surface area contributed by atoms with Gasteiger partial charge in [-0.2, -0.15) is 0 Å². The van der Waals surface area contributed by atoms with E-state index in [1.165, 1.54) is 24.5 Å². The number of fused-ring (bicyclic) bond motifs is 1. The molecule has 0 aliphatic rings. The van der Waals surface area contributed by atoms with Gasteiger partial charge in [-0.1, -0.05) is 35.6 Å². The maximum absolute atomic E-state index is 12.0. The molecular weight excluding hydrogens is 324 g/mol. The van der Waals surface area contributed by atoms with Gasteiger partial charge in [0.15, 0.2) is 5.13 Å². The van der Waals surface area contributed by atoms with Crippen LogP contribution < -0.4 is 5.32 Å². The van der Waals surface area contributed by atoms with E-state index in [4.69, 9.17) is 0 Å². The molecule has 6 heteroatoms. The summed E-state index contributed by atoms with van der Waals surface area (Å²) in [5.74, 6) is -0.648. The molecule has 0 saturated carbocycles. The van der Waals surface area contributed by atoms with Crippen molar-refractivity contribution in [1.82, 2.24) is 4.98 Å². The summed E-state index contributed by atoms with van der Waals surface area (Å²) in [5, 5.41) is 3.31. The summed E-state index contributed by atoms with van der Waals surface area (Å²) in [6.45, 7) is 0. The topological polar surface area (TPSA) is 68.3 Å². The third-order valence-corrected chi connectivity index (χ3v) is 4.23. The van der Waals surface area contributed by atoms with Gasteiger partial charge >= 0.3 is 5.97 Å². The highest BCUT2D eigenvalue weighted by Crippen LogP contribution is 2.25. The molecule has 0 atom stereocenters. The number of nitrogens with zero attached hydrogens (tertiary/aromatic N) is 1. The van der Waals surface area contributed by atoms with Crippen LogP contribution in [0.25, 0.3) is 16.3 Å². The molecule has 1 amide bonds. The highest BCUT2D eigenvalue weighted by Gasteiger charge is 2.06. The number of para-hydroxylation sites is 1. The van der Waals surface area contributed by atoms with Gasteiger partial charge < -0.3 is 4.74 Å². The van der Waals surface area contributed by atoms with Gasteiger partial charge in [0, 0.05) is 6.08 Å². The first kappa shape index (κ1) is 15.9. The molecule has 0 bridgehead atoms. The highest BCUT2D eigenvalue weighted by atomic mass is 32.1. The molecule has 0 fully saturated rings. The number of aromatic nitrogens is 1. The maximum Gasteiger partial charge on any atom is 0.337 e. The summed E-state index contributed by atoms with van der Waals surface area (Å²) in [4.78, 5) is 27.7. The first-order valence-corrected chi connectivity index (χ1v) is 8.00. The summed E-state index contributed by atoms with van der Waals surface area (Å²) in [5.41, 5.74) is 2.14. The van der Waals surface area contributed by atoms with E-state index in [2.05, 4.69) is 15.0 Å². The number of hydrogen-bond donors (Lipinski definition) is 1. The van der Waals surface area contributed by atoms with E-state index in [0.29, 0.717) is 10.7 Å². The molecule has 3 rings (SSSR count). The number of methoxy groups -OCH3 is 1. The molecule has 1 aromatic heterocycles. The van der Waals surface area contributed by atoms with E-state index in [9.17, 15) is 9.59 Å². The number of carbonyl (C=O) groups excluding carboxylic acids is 2. The van der Waals surface area contributed by atoms with E-state index in [0.717, 1.165) is 15.8 Å². The number of hydrogen-bond acceptors (Lipinski definition) is 5. The van der Waals surface area contributed by atoms with E-state index in [-0.39, 0.29) is 11.9 Å². The molecule has 0 spiro atoms. The van der Waals surface area contributed by atoms with Crippen molar-refractivity contribution in [1.29, 1.82) is 0 Å². The predicted octanol–water partition coefficient (Wildman–Crippen LogP) is 3.73. The van der Waals surface area contributed by atoms with Gasteiger partial charge in [0.05, 0.1) is 22.9 Å². The Labute approximate surface area is 142 Å². The minimum Gasteiger partial charge on any atom is -0.465 e.